The van der Waals surface area contributed by atoms with Gasteiger partial charge in [-0.05, 0) is 50.6 Å². The van der Waals surface area contributed by atoms with Crippen LogP contribution in [-0.4, -0.2) is 33.0 Å². The molecule has 0 N–H and O–H groups in total. The fourth-order valence-electron chi connectivity index (χ4n) is 3.67. The molecule has 3 rings (SSSR count). The standard InChI is InChI=1S/C27H28O6S2/c1-20(25(28)33-27(2,3)4)24(21-14-8-5-9-15-21)26(34(29,30)22-16-10-6-11-17-22)35(31,32)23-18-12-7-13-19-23/h5-19,24,26H,1H2,2-4H3/t24-/m0/s1. The van der Waals surface area contributed by atoms with Gasteiger partial charge in [0.05, 0.1) is 9.79 Å². The van der Waals surface area contributed by atoms with Gasteiger partial charge in [-0.15, -0.1) is 0 Å². The first-order valence-corrected chi connectivity index (χ1v) is 14.0. The van der Waals surface area contributed by atoms with Crippen molar-refractivity contribution in [2.75, 3.05) is 0 Å². The van der Waals surface area contributed by atoms with Gasteiger partial charge < -0.3 is 4.74 Å². The predicted molar refractivity (Wildman–Crippen MR) is 135 cm³/mol. The molecule has 184 valence electrons. The van der Waals surface area contributed by atoms with Crippen molar-refractivity contribution in [3.63, 3.8) is 0 Å². The van der Waals surface area contributed by atoms with Gasteiger partial charge in [-0.25, -0.2) is 21.6 Å². The Morgan fingerprint density at radius 3 is 1.46 bits per heavy atom. The molecule has 0 saturated carbocycles. The highest BCUT2D eigenvalue weighted by Crippen LogP contribution is 2.40. The van der Waals surface area contributed by atoms with Crippen LogP contribution < -0.4 is 0 Å². The summed E-state index contributed by atoms with van der Waals surface area (Å²) in [4.78, 5) is 12.7. The lowest BCUT2D eigenvalue weighted by Crippen LogP contribution is -2.39. The van der Waals surface area contributed by atoms with E-state index in [4.69, 9.17) is 4.74 Å². The van der Waals surface area contributed by atoms with E-state index >= 15 is 0 Å². The van der Waals surface area contributed by atoms with E-state index in [1.807, 2.05) is 0 Å². The Balaban J connectivity index is 2.33. The number of rotatable bonds is 8. The third-order valence-electron chi connectivity index (χ3n) is 5.22. The predicted octanol–water partition coefficient (Wildman–Crippen LogP) is 4.94. The highest BCUT2D eigenvalue weighted by Gasteiger charge is 2.48. The van der Waals surface area contributed by atoms with Crippen molar-refractivity contribution in [3.8, 4) is 0 Å². The van der Waals surface area contributed by atoms with Gasteiger partial charge in [0, 0.05) is 11.5 Å². The van der Waals surface area contributed by atoms with Crippen LogP contribution in [0.3, 0.4) is 0 Å². The Bertz CT molecular complexity index is 1320. The second kappa shape index (κ2) is 10.2. The van der Waals surface area contributed by atoms with Crippen LogP contribution in [0.25, 0.3) is 0 Å². The van der Waals surface area contributed by atoms with Gasteiger partial charge in [-0.2, -0.15) is 0 Å². The second-order valence-corrected chi connectivity index (χ2v) is 13.4. The molecular formula is C27H28O6S2. The molecule has 0 unspecified atom stereocenters. The Labute approximate surface area is 207 Å². The first-order valence-electron chi connectivity index (χ1n) is 10.9. The van der Waals surface area contributed by atoms with E-state index in [0.717, 1.165) is 0 Å². The van der Waals surface area contributed by atoms with Gasteiger partial charge in [-0.1, -0.05) is 73.3 Å². The molecule has 8 heteroatoms. The van der Waals surface area contributed by atoms with Crippen molar-refractivity contribution in [2.24, 2.45) is 0 Å². The molecular weight excluding hydrogens is 484 g/mol. The normalized spacial score (nSPS) is 13.3. The smallest absolute Gasteiger partial charge is 0.334 e. The maximum absolute atomic E-state index is 14.0. The van der Waals surface area contributed by atoms with Gasteiger partial charge >= 0.3 is 5.97 Å². The molecule has 0 fully saturated rings. The van der Waals surface area contributed by atoms with E-state index in [2.05, 4.69) is 6.58 Å². The minimum atomic E-state index is -4.53. The summed E-state index contributed by atoms with van der Waals surface area (Å²) in [6.45, 7) is 8.83. The molecule has 0 aliphatic carbocycles. The Morgan fingerprint density at radius 2 is 1.09 bits per heavy atom. The summed E-state index contributed by atoms with van der Waals surface area (Å²) in [6, 6.07) is 22.8. The summed E-state index contributed by atoms with van der Waals surface area (Å²) in [6.07, 6.45) is 0. The van der Waals surface area contributed by atoms with E-state index in [0.29, 0.717) is 5.56 Å². The number of hydrogen-bond acceptors (Lipinski definition) is 6. The SMILES string of the molecule is C=C(C(=O)OC(C)(C)C)[C@@H](c1ccccc1)C(S(=O)(=O)c1ccccc1)S(=O)(=O)c1ccccc1. The van der Waals surface area contributed by atoms with Crippen molar-refractivity contribution in [1.82, 2.24) is 0 Å². The number of benzene rings is 3. The van der Waals surface area contributed by atoms with Crippen LogP contribution in [0.5, 0.6) is 0 Å². The van der Waals surface area contributed by atoms with E-state index in [1.54, 1.807) is 63.2 Å². The van der Waals surface area contributed by atoms with Crippen LogP contribution in [0.15, 0.2) is 113 Å². The van der Waals surface area contributed by atoms with Gasteiger partial charge in [0.25, 0.3) is 0 Å². The summed E-state index contributed by atoms with van der Waals surface area (Å²) < 4.78 is 59.4. The fourth-order valence-corrected chi connectivity index (χ4v) is 8.64. The molecule has 0 saturated heterocycles. The highest BCUT2D eigenvalue weighted by molar-refractivity contribution is 8.09. The van der Waals surface area contributed by atoms with Gasteiger partial charge in [0.2, 0.25) is 0 Å². The number of carbonyl (C=O) groups excluding carboxylic acids is 1. The molecule has 3 aromatic rings. The molecule has 0 bridgehead atoms. The van der Waals surface area contributed by atoms with Crippen molar-refractivity contribution >= 4 is 25.6 Å². The molecule has 0 heterocycles. The van der Waals surface area contributed by atoms with Crippen LogP contribution in [0, 0.1) is 0 Å². The molecule has 0 spiro atoms. The minimum Gasteiger partial charge on any atom is -0.457 e. The zero-order valence-electron chi connectivity index (χ0n) is 19.8. The molecule has 1 atom stereocenters. The zero-order chi connectivity index (χ0) is 25.9. The maximum Gasteiger partial charge on any atom is 0.334 e. The zero-order valence-corrected chi connectivity index (χ0v) is 21.4. The molecule has 3 aromatic carbocycles. The number of esters is 1. The van der Waals surface area contributed by atoms with Crippen LogP contribution >= 0.6 is 0 Å². The Hall–Kier alpha value is -3.23. The maximum atomic E-state index is 14.0. The molecule has 35 heavy (non-hydrogen) atoms. The summed E-state index contributed by atoms with van der Waals surface area (Å²) >= 11 is 0. The quantitative estimate of drug-likeness (QED) is 0.313. The third kappa shape index (κ3) is 5.89. The van der Waals surface area contributed by atoms with Crippen molar-refractivity contribution in [3.05, 3.63) is 109 Å². The lowest BCUT2D eigenvalue weighted by atomic mass is 9.93. The van der Waals surface area contributed by atoms with Crippen LogP contribution in [0.1, 0.15) is 32.3 Å². The van der Waals surface area contributed by atoms with Crippen LogP contribution in [0.4, 0.5) is 0 Å². The number of ether oxygens (including phenoxy) is 1. The monoisotopic (exact) mass is 512 g/mol. The third-order valence-corrected chi connectivity index (χ3v) is 10.4. The van der Waals surface area contributed by atoms with Crippen molar-refractivity contribution in [2.45, 2.75) is 46.7 Å². The summed E-state index contributed by atoms with van der Waals surface area (Å²) in [5.74, 6) is -2.30. The average molecular weight is 513 g/mol. The van der Waals surface area contributed by atoms with Gasteiger partial charge in [0.15, 0.2) is 24.3 Å². The average Bonchev–Trinajstić information content (AvgIpc) is 2.82. The van der Waals surface area contributed by atoms with Crippen LogP contribution in [-0.2, 0) is 29.2 Å². The van der Waals surface area contributed by atoms with E-state index in [1.165, 1.54) is 48.5 Å². The fraction of sp³-hybridized carbons (Fsp3) is 0.222. The first-order chi connectivity index (χ1) is 16.4. The molecule has 6 nitrogen and oxygen atoms in total. The van der Waals surface area contributed by atoms with Crippen LogP contribution in [0.2, 0.25) is 0 Å². The van der Waals surface area contributed by atoms with Crippen molar-refractivity contribution < 1.29 is 26.4 Å². The number of sulfone groups is 2. The number of hydrogen-bond donors (Lipinski definition) is 0. The van der Waals surface area contributed by atoms with Gasteiger partial charge in [-0.3, -0.25) is 0 Å². The van der Waals surface area contributed by atoms with E-state index in [-0.39, 0.29) is 15.4 Å². The molecule has 0 aliphatic rings. The molecule has 0 radical (unpaired) electrons. The largest absolute Gasteiger partial charge is 0.457 e. The van der Waals surface area contributed by atoms with Gasteiger partial charge in [0.1, 0.15) is 5.60 Å². The second-order valence-electron chi connectivity index (χ2n) is 9.00. The lowest BCUT2D eigenvalue weighted by molar-refractivity contribution is -0.150. The minimum absolute atomic E-state index is 0.178. The summed E-state index contributed by atoms with van der Waals surface area (Å²) in [5, 5.41) is 0. The first kappa shape index (κ1) is 26.4. The topological polar surface area (TPSA) is 94.6 Å². The summed E-state index contributed by atoms with van der Waals surface area (Å²) in [7, 11) is -9.07. The van der Waals surface area contributed by atoms with Crippen molar-refractivity contribution in [1.29, 1.82) is 0 Å². The Morgan fingerprint density at radius 1 is 0.714 bits per heavy atom. The molecule has 0 aliphatic heterocycles. The number of carbonyl (C=O) groups is 1. The van der Waals surface area contributed by atoms with E-state index in [9.17, 15) is 21.6 Å². The molecule has 0 aromatic heterocycles. The van der Waals surface area contributed by atoms with E-state index < -0.39 is 41.7 Å². The Kier molecular flexibility index (Phi) is 7.67. The molecule has 0 amide bonds. The lowest BCUT2D eigenvalue weighted by Gasteiger charge is -2.30. The summed E-state index contributed by atoms with van der Waals surface area (Å²) in [5.41, 5.74) is -0.851. The highest BCUT2D eigenvalue weighted by atomic mass is 32.3.